The first-order valence-electron chi connectivity index (χ1n) is 6.67. The topological polar surface area (TPSA) is 32.5 Å². The number of benzene rings is 1. The van der Waals surface area contributed by atoms with E-state index in [0.717, 1.165) is 32.7 Å². The van der Waals surface area contributed by atoms with E-state index in [1.807, 2.05) is 16.3 Å². The fraction of sp³-hybridized carbons (Fsp3) is 0.333. The highest BCUT2D eigenvalue weighted by atomic mass is 32.1. The van der Waals surface area contributed by atoms with Gasteiger partial charge in [-0.05, 0) is 17.7 Å². The predicted octanol–water partition coefficient (Wildman–Crippen LogP) is 2.41. The summed E-state index contributed by atoms with van der Waals surface area (Å²) in [6.07, 6.45) is 0. The Hall–Kier alpha value is -1.20. The highest BCUT2D eigenvalue weighted by molar-refractivity contribution is 7.15. The molecule has 100 valence electrons. The number of piperazine rings is 1. The van der Waals surface area contributed by atoms with E-state index >= 15 is 0 Å². The predicted molar refractivity (Wildman–Crippen MR) is 80.8 cm³/mol. The Bertz CT molecular complexity index is 515. The monoisotopic (exact) mass is 273 g/mol. The van der Waals surface area contributed by atoms with Crippen molar-refractivity contribution >= 4 is 11.3 Å². The zero-order chi connectivity index (χ0) is 13.1. The van der Waals surface area contributed by atoms with Gasteiger partial charge in [-0.2, -0.15) is 0 Å². The van der Waals surface area contributed by atoms with Gasteiger partial charge in [-0.25, -0.2) is 5.01 Å². The first-order chi connectivity index (χ1) is 9.31. The maximum Gasteiger partial charge on any atom is 0.0346 e. The van der Waals surface area contributed by atoms with Gasteiger partial charge in [0.15, 0.2) is 0 Å². The molecule has 1 aliphatic rings. The maximum absolute atomic E-state index is 5.78. The molecule has 1 aliphatic heterocycles. The average molecular weight is 273 g/mol. The number of rotatable bonds is 3. The second-order valence-electron chi connectivity index (χ2n) is 4.94. The van der Waals surface area contributed by atoms with E-state index in [2.05, 4.69) is 47.4 Å². The van der Waals surface area contributed by atoms with Crippen LogP contribution in [0, 0.1) is 0 Å². The van der Waals surface area contributed by atoms with Crippen LogP contribution in [-0.2, 0) is 6.54 Å². The molecule has 1 aromatic carbocycles. The summed E-state index contributed by atoms with van der Waals surface area (Å²) in [6, 6.07) is 15.1. The van der Waals surface area contributed by atoms with Crippen molar-refractivity contribution in [2.24, 2.45) is 5.84 Å². The second-order valence-corrected chi connectivity index (χ2v) is 6.11. The quantitative estimate of drug-likeness (QED) is 0.872. The molecule has 1 saturated heterocycles. The summed E-state index contributed by atoms with van der Waals surface area (Å²) >= 11 is 1.89. The van der Waals surface area contributed by atoms with E-state index in [9.17, 15) is 0 Å². The molecule has 0 atom stereocenters. The van der Waals surface area contributed by atoms with Crippen LogP contribution in [0.3, 0.4) is 0 Å². The van der Waals surface area contributed by atoms with Crippen LogP contribution in [-0.4, -0.2) is 36.1 Å². The van der Waals surface area contributed by atoms with Crippen molar-refractivity contribution in [3.8, 4) is 10.4 Å². The van der Waals surface area contributed by atoms with Gasteiger partial charge in [-0.3, -0.25) is 10.7 Å². The zero-order valence-electron chi connectivity index (χ0n) is 11.0. The molecule has 3 nitrogen and oxygen atoms in total. The summed E-state index contributed by atoms with van der Waals surface area (Å²) in [4.78, 5) is 5.27. The van der Waals surface area contributed by atoms with Crippen LogP contribution in [0.5, 0.6) is 0 Å². The lowest BCUT2D eigenvalue weighted by Gasteiger charge is -2.31. The van der Waals surface area contributed by atoms with Gasteiger partial charge in [0.05, 0.1) is 0 Å². The Labute approximate surface area is 118 Å². The molecule has 0 amide bonds. The third-order valence-electron chi connectivity index (χ3n) is 3.51. The van der Waals surface area contributed by atoms with Crippen LogP contribution in [0.25, 0.3) is 10.4 Å². The van der Waals surface area contributed by atoms with Crippen LogP contribution < -0.4 is 5.84 Å². The van der Waals surface area contributed by atoms with Crippen LogP contribution >= 0.6 is 11.3 Å². The molecule has 0 bridgehead atoms. The third-order valence-corrected chi connectivity index (χ3v) is 4.63. The van der Waals surface area contributed by atoms with Gasteiger partial charge in [0.2, 0.25) is 0 Å². The van der Waals surface area contributed by atoms with E-state index in [0.29, 0.717) is 0 Å². The Balaban J connectivity index is 1.65. The largest absolute Gasteiger partial charge is 0.296 e. The minimum absolute atomic E-state index is 0.969. The van der Waals surface area contributed by atoms with E-state index in [-0.39, 0.29) is 0 Å². The van der Waals surface area contributed by atoms with Crippen LogP contribution in [0.1, 0.15) is 4.88 Å². The van der Waals surface area contributed by atoms with Crippen molar-refractivity contribution in [2.45, 2.75) is 6.54 Å². The van der Waals surface area contributed by atoms with Gasteiger partial charge < -0.3 is 0 Å². The van der Waals surface area contributed by atoms with Gasteiger partial charge in [0.1, 0.15) is 0 Å². The lowest BCUT2D eigenvalue weighted by Crippen LogP contribution is -2.48. The molecule has 0 unspecified atom stereocenters. The van der Waals surface area contributed by atoms with Crippen molar-refractivity contribution in [1.82, 2.24) is 9.91 Å². The van der Waals surface area contributed by atoms with Crippen molar-refractivity contribution < 1.29 is 0 Å². The number of thiophene rings is 1. The Morgan fingerprint density at radius 2 is 1.68 bits per heavy atom. The summed E-state index contributed by atoms with van der Waals surface area (Å²) < 4.78 is 0. The summed E-state index contributed by atoms with van der Waals surface area (Å²) in [5, 5.41) is 1.90. The minimum Gasteiger partial charge on any atom is -0.296 e. The van der Waals surface area contributed by atoms with E-state index in [1.54, 1.807) is 0 Å². The molecule has 0 saturated carbocycles. The average Bonchev–Trinajstić information content (AvgIpc) is 2.91. The summed E-state index contributed by atoms with van der Waals surface area (Å²) in [7, 11) is 0. The lowest BCUT2D eigenvalue weighted by molar-refractivity contribution is 0.129. The molecule has 3 rings (SSSR count). The second kappa shape index (κ2) is 5.84. The van der Waals surface area contributed by atoms with E-state index in [1.165, 1.54) is 15.3 Å². The van der Waals surface area contributed by atoms with Crippen LogP contribution in [0.4, 0.5) is 0 Å². The Morgan fingerprint density at radius 1 is 0.947 bits per heavy atom. The van der Waals surface area contributed by atoms with Gasteiger partial charge in [0, 0.05) is 42.5 Å². The fourth-order valence-corrected chi connectivity index (χ4v) is 3.42. The van der Waals surface area contributed by atoms with Crippen molar-refractivity contribution in [2.75, 3.05) is 26.2 Å². The number of hydrogen-bond acceptors (Lipinski definition) is 4. The molecule has 19 heavy (non-hydrogen) atoms. The van der Waals surface area contributed by atoms with Crippen molar-refractivity contribution in [1.29, 1.82) is 0 Å². The smallest absolute Gasteiger partial charge is 0.0346 e. The molecule has 0 spiro atoms. The maximum atomic E-state index is 5.78. The summed E-state index contributed by atoms with van der Waals surface area (Å²) in [5.74, 6) is 5.78. The Morgan fingerprint density at radius 3 is 2.42 bits per heavy atom. The number of nitrogens with zero attached hydrogens (tertiary/aromatic N) is 2. The molecular weight excluding hydrogens is 254 g/mol. The highest BCUT2D eigenvalue weighted by Crippen LogP contribution is 2.28. The molecular formula is C15H19N3S. The highest BCUT2D eigenvalue weighted by Gasteiger charge is 2.15. The number of hydrogen-bond donors (Lipinski definition) is 1. The molecule has 4 heteroatoms. The van der Waals surface area contributed by atoms with Gasteiger partial charge in [0.25, 0.3) is 0 Å². The molecule has 0 aliphatic carbocycles. The third kappa shape index (κ3) is 3.22. The van der Waals surface area contributed by atoms with E-state index in [4.69, 9.17) is 5.84 Å². The van der Waals surface area contributed by atoms with Gasteiger partial charge >= 0.3 is 0 Å². The SMILES string of the molecule is NN1CCN(Cc2ccc(-c3ccccc3)s2)CC1. The number of hydrazine groups is 1. The standard InChI is InChI=1S/C15H19N3S/c16-18-10-8-17(9-11-18)12-14-6-7-15(19-14)13-4-2-1-3-5-13/h1-7H,8-12,16H2. The molecule has 2 heterocycles. The minimum atomic E-state index is 0.969. The normalized spacial score (nSPS) is 17.7. The molecule has 1 aromatic heterocycles. The molecule has 1 fully saturated rings. The summed E-state index contributed by atoms with van der Waals surface area (Å²) in [5.41, 5.74) is 1.31. The molecule has 2 aromatic rings. The fourth-order valence-electron chi connectivity index (χ4n) is 2.36. The van der Waals surface area contributed by atoms with Crippen molar-refractivity contribution in [3.05, 3.63) is 47.3 Å². The summed E-state index contributed by atoms with van der Waals surface area (Å²) in [6.45, 7) is 5.11. The van der Waals surface area contributed by atoms with Crippen molar-refractivity contribution in [3.63, 3.8) is 0 Å². The van der Waals surface area contributed by atoms with Gasteiger partial charge in [-0.1, -0.05) is 30.3 Å². The Kier molecular flexibility index (Phi) is 3.94. The van der Waals surface area contributed by atoms with Crippen LogP contribution in [0.15, 0.2) is 42.5 Å². The lowest BCUT2D eigenvalue weighted by atomic mass is 10.2. The molecule has 0 radical (unpaired) electrons. The number of nitrogens with two attached hydrogens (primary N) is 1. The zero-order valence-corrected chi connectivity index (χ0v) is 11.8. The first-order valence-corrected chi connectivity index (χ1v) is 7.49. The first kappa shape index (κ1) is 12.8. The van der Waals surface area contributed by atoms with E-state index < -0.39 is 0 Å². The molecule has 2 N–H and O–H groups in total. The van der Waals surface area contributed by atoms with Crippen LogP contribution in [0.2, 0.25) is 0 Å². The van der Waals surface area contributed by atoms with Gasteiger partial charge in [-0.15, -0.1) is 11.3 Å².